The first-order valence-corrected chi connectivity index (χ1v) is 9.95. The molecule has 1 aliphatic heterocycles. The number of carbonyl (C=O) groups is 1. The molecular weight excluding hydrogens is 338 g/mol. The summed E-state index contributed by atoms with van der Waals surface area (Å²) in [5.74, 6) is -0.0823. The van der Waals surface area contributed by atoms with E-state index in [1.54, 1.807) is 23.3 Å². The highest BCUT2D eigenvalue weighted by atomic mass is 32.1. The van der Waals surface area contributed by atoms with Crippen LogP contribution in [0.25, 0.3) is 0 Å². The number of amides is 1. The number of nitrogens with one attached hydrogen (secondary N) is 1. The van der Waals surface area contributed by atoms with Gasteiger partial charge in [-0.25, -0.2) is 4.98 Å². The maximum Gasteiger partial charge on any atom is 0.226 e. The number of nitrogens with zero attached hydrogens (tertiary/aromatic N) is 2. The van der Waals surface area contributed by atoms with E-state index in [0.29, 0.717) is 19.0 Å². The van der Waals surface area contributed by atoms with E-state index >= 15 is 0 Å². The second-order valence-electron chi connectivity index (χ2n) is 7.88. The summed E-state index contributed by atoms with van der Waals surface area (Å²) in [6.45, 7) is 7.96. The summed E-state index contributed by atoms with van der Waals surface area (Å²) in [5, 5.41) is 27.1. The lowest BCUT2D eigenvalue weighted by molar-refractivity contribution is -0.154. The molecule has 1 saturated carbocycles. The van der Waals surface area contributed by atoms with Crippen molar-refractivity contribution in [3.63, 3.8) is 0 Å². The molecule has 0 aromatic carbocycles. The quantitative estimate of drug-likeness (QED) is 0.741. The SMILES string of the molecule is CC(C)c1nc(CN(C)C(=O)[C@H]2[C@@H](C)[C@H](O)[C@@H](O)[C@H]3CNC[C@@H]32)cs1. The first-order chi connectivity index (χ1) is 11.8. The van der Waals surface area contributed by atoms with Gasteiger partial charge in [-0.1, -0.05) is 20.8 Å². The molecule has 2 heterocycles. The van der Waals surface area contributed by atoms with Gasteiger partial charge in [0.15, 0.2) is 0 Å². The third-order valence-electron chi connectivity index (χ3n) is 5.79. The van der Waals surface area contributed by atoms with E-state index in [9.17, 15) is 15.0 Å². The van der Waals surface area contributed by atoms with Crippen LogP contribution in [0.1, 0.15) is 37.4 Å². The summed E-state index contributed by atoms with van der Waals surface area (Å²) in [6.07, 6.45) is -1.60. The van der Waals surface area contributed by atoms with E-state index < -0.39 is 12.2 Å². The molecule has 1 aromatic rings. The Labute approximate surface area is 153 Å². The molecule has 1 saturated heterocycles. The van der Waals surface area contributed by atoms with Gasteiger partial charge in [0, 0.05) is 36.7 Å². The monoisotopic (exact) mass is 367 g/mol. The maximum atomic E-state index is 13.1. The number of hydrogen-bond donors (Lipinski definition) is 3. The molecule has 2 aliphatic rings. The van der Waals surface area contributed by atoms with Crippen molar-refractivity contribution in [2.75, 3.05) is 20.1 Å². The number of aromatic nitrogens is 1. The van der Waals surface area contributed by atoms with E-state index in [2.05, 4.69) is 24.1 Å². The lowest BCUT2D eigenvalue weighted by Gasteiger charge is -2.44. The number of aliphatic hydroxyl groups is 2. The summed E-state index contributed by atoms with van der Waals surface area (Å²) < 4.78 is 0. The molecule has 6 nitrogen and oxygen atoms in total. The van der Waals surface area contributed by atoms with Crippen LogP contribution in [0.15, 0.2) is 5.38 Å². The Morgan fingerprint density at radius 1 is 1.36 bits per heavy atom. The van der Waals surface area contributed by atoms with Gasteiger partial charge in [-0.15, -0.1) is 11.3 Å². The third-order valence-corrected chi connectivity index (χ3v) is 6.98. The van der Waals surface area contributed by atoms with Crippen molar-refractivity contribution in [1.82, 2.24) is 15.2 Å². The lowest BCUT2D eigenvalue weighted by atomic mass is 9.65. The average Bonchev–Trinajstić information content (AvgIpc) is 3.22. The Kier molecular flexibility index (Phi) is 5.48. The highest BCUT2D eigenvalue weighted by Crippen LogP contribution is 2.42. The van der Waals surface area contributed by atoms with Crippen LogP contribution in [-0.4, -0.2) is 58.3 Å². The van der Waals surface area contributed by atoms with E-state index in [1.165, 1.54) is 0 Å². The second kappa shape index (κ2) is 7.31. The van der Waals surface area contributed by atoms with E-state index in [0.717, 1.165) is 17.2 Å². The number of carbonyl (C=O) groups excluding carboxylic acids is 1. The van der Waals surface area contributed by atoms with Gasteiger partial charge in [-0.3, -0.25) is 4.79 Å². The van der Waals surface area contributed by atoms with E-state index in [-0.39, 0.29) is 29.6 Å². The van der Waals surface area contributed by atoms with Crippen LogP contribution >= 0.6 is 11.3 Å². The first-order valence-electron chi connectivity index (χ1n) is 9.07. The minimum atomic E-state index is -0.852. The predicted molar refractivity (Wildman–Crippen MR) is 97.2 cm³/mol. The Bertz CT molecular complexity index is 620. The van der Waals surface area contributed by atoms with Gasteiger partial charge in [0.2, 0.25) is 5.91 Å². The van der Waals surface area contributed by atoms with Gasteiger partial charge in [-0.2, -0.15) is 0 Å². The molecule has 1 amide bonds. The van der Waals surface area contributed by atoms with Crippen LogP contribution in [0.2, 0.25) is 0 Å². The normalized spacial score (nSPS) is 35.0. The van der Waals surface area contributed by atoms with Gasteiger partial charge in [0.25, 0.3) is 0 Å². The van der Waals surface area contributed by atoms with E-state index in [4.69, 9.17) is 0 Å². The Hall–Kier alpha value is -1.02. The predicted octanol–water partition coefficient (Wildman–Crippen LogP) is 1.05. The zero-order valence-electron chi connectivity index (χ0n) is 15.3. The zero-order chi connectivity index (χ0) is 18.3. The molecule has 0 spiro atoms. The molecule has 0 unspecified atom stereocenters. The molecule has 3 rings (SSSR count). The molecule has 25 heavy (non-hydrogen) atoms. The number of hydrogen-bond acceptors (Lipinski definition) is 6. The number of aliphatic hydroxyl groups excluding tert-OH is 2. The van der Waals surface area contributed by atoms with Crippen molar-refractivity contribution in [1.29, 1.82) is 0 Å². The molecule has 1 aliphatic carbocycles. The molecule has 140 valence electrons. The molecule has 0 radical (unpaired) electrons. The fourth-order valence-corrected chi connectivity index (χ4v) is 5.12. The molecule has 2 fully saturated rings. The number of thiazole rings is 1. The largest absolute Gasteiger partial charge is 0.390 e. The smallest absolute Gasteiger partial charge is 0.226 e. The summed E-state index contributed by atoms with van der Waals surface area (Å²) in [5.41, 5.74) is 0.912. The molecule has 6 atom stereocenters. The highest BCUT2D eigenvalue weighted by Gasteiger charge is 2.52. The van der Waals surface area contributed by atoms with Crippen molar-refractivity contribution in [3.8, 4) is 0 Å². The van der Waals surface area contributed by atoms with Gasteiger partial charge >= 0.3 is 0 Å². The third kappa shape index (κ3) is 3.47. The van der Waals surface area contributed by atoms with Gasteiger partial charge in [-0.05, 0) is 18.4 Å². The zero-order valence-corrected chi connectivity index (χ0v) is 16.2. The minimum absolute atomic E-state index is 0.0382. The standard InChI is InChI=1S/C18H29N3O3S/c1-9(2)17-20-11(8-25-17)7-21(4)18(24)14-10(3)15(22)16(23)13-6-19-5-12(13)14/h8-10,12-16,19,22-23H,5-7H2,1-4H3/t10-,12+,13+,14+,15+,16+/m1/s1. The molecular formula is C18H29N3O3S. The van der Waals surface area contributed by atoms with Crippen LogP contribution in [-0.2, 0) is 11.3 Å². The fraction of sp³-hybridized carbons (Fsp3) is 0.778. The van der Waals surface area contributed by atoms with Crippen molar-refractivity contribution in [2.24, 2.45) is 23.7 Å². The van der Waals surface area contributed by atoms with Gasteiger partial charge in [0.1, 0.15) is 0 Å². The summed E-state index contributed by atoms with van der Waals surface area (Å²) in [4.78, 5) is 19.5. The summed E-state index contributed by atoms with van der Waals surface area (Å²) in [7, 11) is 1.80. The average molecular weight is 368 g/mol. The summed E-state index contributed by atoms with van der Waals surface area (Å²) >= 11 is 1.63. The van der Waals surface area contributed by atoms with Crippen LogP contribution in [0.3, 0.4) is 0 Å². The van der Waals surface area contributed by atoms with Gasteiger partial charge < -0.3 is 20.4 Å². The van der Waals surface area contributed by atoms with Crippen LogP contribution in [0, 0.1) is 23.7 Å². The van der Waals surface area contributed by atoms with Crippen LogP contribution < -0.4 is 5.32 Å². The fourth-order valence-electron chi connectivity index (χ4n) is 4.30. The van der Waals surface area contributed by atoms with Crippen molar-refractivity contribution in [2.45, 2.75) is 45.4 Å². The summed E-state index contributed by atoms with van der Waals surface area (Å²) in [6, 6.07) is 0. The minimum Gasteiger partial charge on any atom is -0.390 e. The maximum absolute atomic E-state index is 13.1. The number of fused-ring (bicyclic) bond motifs is 1. The van der Waals surface area contributed by atoms with Gasteiger partial charge in [0.05, 0.1) is 29.5 Å². The topological polar surface area (TPSA) is 85.7 Å². The first kappa shape index (κ1) is 18.8. The lowest BCUT2D eigenvalue weighted by Crippen LogP contribution is -2.55. The van der Waals surface area contributed by atoms with Crippen molar-refractivity contribution in [3.05, 3.63) is 16.1 Å². The van der Waals surface area contributed by atoms with Crippen molar-refractivity contribution < 1.29 is 15.0 Å². The Morgan fingerprint density at radius 2 is 2.04 bits per heavy atom. The van der Waals surface area contributed by atoms with Crippen LogP contribution in [0.4, 0.5) is 0 Å². The second-order valence-corrected chi connectivity index (χ2v) is 8.77. The number of rotatable bonds is 4. The Morgan fingerprint density at radius 3 is 2.68 bits per heavy atom. The highest BCUT2D eigenvalue weighted by molar-refractivity contribution is 7.09. The van der Waals surface area contributed by atoms with E-state index in [1.807, 2.05) is 12.3 Å². The Balaban J connectivity index is 1.73. The van der Waals surface area contributed by atoms with Crippen LogP contribution in [0.5, 0.6) is 0 Å². The molecule has 7 heteroatoms. The molecule has 1 aromatic heterocycles. The molecule has 0 bridgehead atoms. The molecule has 3 N–H and O–H groups in total. The van der Waals surface area contributed by atoms with Crippen molar-refractivity contribution >= 4 is 17.2 Å².